The molecule has 0 amide bonds. The smallest absolute Gasteiger partial charge is 0.123 e. The molecule has 0 spiro atoms. The van der Waals surface area contributed by atoms with Crippen LogP contribution in [0.4, 0.5) is 0 Å². The minimum atomic E-state index is -0.0881. The molecular formula is C27H34O2. The van der Waals surface area contributed by atoms with Crippen molar-refractivity contribution in [2.45, 2.75) is 77.4 Å². The summed E-state index contributed by atoms with van der Waals surface area (Å²) >= 11 is 0. The molecule has 1 N–H and O–H groups in total. The van der Waals surface area contributed by atoms with Crippen LogP contribution in [-0.2, 0) is 19.4 Å². The minimum Gasteiger partial charge on any atom is -0.489 e. The summed E-state index contributed by atoms with van der Waals surface area (Å²) in [5, 5.41) is 10.6. The van der Waals surface area contributed by atoms with Crippen molar-refractivity contribution in [1.29, 1.82) is 0 Å². The number of ether oxygens (including phenoxy) is 1. The number of rotatable bonds is 4. The third kappa shape index (κ3) is 3.20. The molecule has 0 saturated heterocycles. The second-order valence-corrected chi connectivity index (χ2v) is 9.84. The molecule has 29 heavy (non-hydrogen) atoms. The summed E-state index contributed by atoms with van der Waals surface area (Å²) in [5.41, 5.74) is 5.83. The Balaban J connectivity index is 1.41. The molecule has 3 aliphatic carbocycles. The molecule has 2 aromatic carbocycles. The fourth-order valence-electron chi connectivity index (χ4n) is 6.76. The number of benzene rings is 2. The summed E-state index contributed by atoms with van der Waals surface area (Å²) in [5.74, 6) is 3.20. The van der Waals surface area contributed by atoms with Crippen LogP contribution < -0.4 is 4.74 Å². The number of aryl methyl sites for hydroxylation is 2. The molecule has 3 aliphatic rings. The maximum absolute atomic E-state index is 10.6. The van der Waals surface area contributed by atoms with Crippen LogP contribution in [0.25, 0.3) is 0 Å². The van der Waals surface area contributed by atoms with E-state index in [1.54, 1.807) is 5.56 Å². The van der Waals surface area contributed by atoms with E-state index in [-0.39, 0.29) is 11.5 Å². The lowest BCUT2D eigenvalue weighted by atomic mass is 9.55. The number of hydrogen-bond acceptors (Lipinski definition) is 2. The second kappa shape index (κ2) is 7.47. The molecule has 2 heteroatoms. The molecule has 2 aromatic rings. The Morgan fingerprint density at radius 2 is 1.90 bits per heavy atom. The van der Waals surface area contributed by atoms with Crippen molar-refractivity contribution in [3.8, 4) is 5.75 Å². The number of aliphatic hydroxyl groups is 1. The average molecular weight is 391 g/mol. The number of fused-ring (bicyclic) bond motifs is 5. The fourth-order valence-corrected chi connectivity index (χ4v) is 6.76. The van der Waals surface area contributed by atoms with E-state index in [9.17, 15) is 5.11 Å². The van der Waals surface area contributed by atoms with Gasteiger partial charge in [0.15, 0.2) is 0 Å². The van der Waals surface area contributed by atoms with Crippen molar-refractivity contribution >= 4 is 0 Å². The molecule has 0 aliphatic heterocycles. The SMILES string of the molecule is CCc1cc2c(cc1OCc1ccccc1)CCC1C2CCC2(C)C(O)CCC12. The first-order valence-electron chi connectivity index (χ1n) is 11.6. The minimum absolute atomic E-state index is 0.0881. The van der Waals surface area contributed by atoms with Gasteiger partial charge in [0.05, 0.1) is 6.10 Å². The molecule has 154 valence electrons. The molecule has 5 rings (SSSR count). The quantitative estimate of drug-likeness (QED) is 0.689. The summed E-state index contributed by atoms with van der Waals surface area (Å²) in [7, 11) is 0. The first kappa shape index (κ1) is 19.2. The Morgan fingerprint density at radius 1 is 1.07 bits per heavy atom. The van der Waals surface area contributed by atoms with E-state index in [1.807, 2.05) is 0 Å². The van der Waals surface area contributed by atoms with Gasteiger partial charge >= 0.3 is 0 Å². The van der Waals surface area contributed by atoms with Crippen LogP contribution >= 0.6 is 0 Å². The van der Waals surface area contributed by atoms with Crippen molar-refractivity contribution in [3.63, 3.8) is 0 Å². The molecule has 2 saturated carbocycles. The van der Waals surface area contributed by atoms with E-state index < -0.39 is 0 Å². The number of hydrogen-bond donors (Lipinski definition) is 1. The normalized spacial score (nSPS) is 32.9. The average Bonchev–Trinajstić information content (AvgIpc) is 3.06. The first-order chi connectivity index (χ1) is 14.1. The van der Waals surface area contributed by atoms with Gasteiger partial charge < -0.3 is 9.84 Å². The monoisotopic (exact) mass is 390 g/mol. The zero-order valence-corrected chi connectivity index (χ0v) is 17.9. The molecule has 0 bridgehead atoms. The van der Waals surface area contributed by atoms with Gasteiger partial charge in [-0.2, -0.15) is 0 Å². The van der Waals surface area contributed by atoms with Crippen LogP contribution in [0.3, 0.4) is 0 Å². The highest BCUT2D eigenvalue weighted by atomic mass is 16.5. The standard InChI is InChI=1S/C27H34O2/c1-3-19-15-23-20(16-25(19)29-17-18-7-5-4-6-8-18)9-10-22-21(23)13-14-27(2)24(22)11-12-26(27)28/h4-8,15-16,21-22,24,26,28H,3,9-14,17H2,1-2H3. The van der Waals surface area contributed by atoms with E-state index in [1.165, 1.54) is 42.4 Å². The first-order valence-corrected chi connectivity index (χ1v) is 11.6. The summed E-state index contributed by atoms with van der Waals surface area (Å²) in [6.07, 6.45) is 7.97. The molecule has 5 atom stereocenters. The lowest BCUT2D eigenvalue weighted by molar-refractivity contribution is -0.0226. The van der Waals surface area contributed by atoms with Crippen molar-refractivity contribution in [3.05, 3.63) is 64.7 Å². The molecule has 2 fully saturated rings. The third-order valence-corrected chi connectivity index (χ3v) is 8.47. The maximum Gasteiger partial charge on any atom is 0.123 e. The lowest BCUT2D eigenvalue weighted by Crippen LogP contribution is -2.43. The van der Waals surface area contributed by atoms with Crippen LogP contribution in [0, 0.1) is 17.3 Å². The molecule has 5 unspecified atom stereocenters. The van der Waals surface area contributed by atoms with Gasteiger partial charge in [-0.3, -0.25) is 0 Å². The molecule has 0 aromatic heterocycles. The highest BCUT2D eigenvalue weighted by Gasteiger charge is 2.54. The molecule has 2 nitrogen and oxygen atoms in total. The largest absolute Gasteiger partial charge is 0.489 e. The Morgan fingerprint density at radius 3 is 2.69 bits per heavy atom. The zero-order valence-electron chi connectivity index (χ0n) is 17.9. The third-order valence-electron chi connectivity index (χ3n) is 8.47. The van der Waals surface area contributed by atoms with Gasteiger partial charge in [-0.05, 0) is 96.4 Å². The highest BCUT2D eigenvalue weighted by Crippen LogP contribution is 2.61. The summed E-state index contributed by atoms with van der Waals surface area (Å²) in [4.78, 5) is 0. The van der Waals surface area contributed by atoms with E-state index in [2.05, 4.69) is 56.3 Å². The van der Waals surface area contributed by atoms with Crippen molar-refractivity contribution in [2.24, 2.45) is 17.3 Å². The van der Waals surface area contributed by atoms with Gasteiger partial charge in [0.1, 0.15) is 12.4 Å². The Kier molecular flexibility index (Phi) is 4.94. The van der Waals surface area contributed by atoms with Gasteiger partial charge in [0.25, 0.3) is 0 Å². The predicted molar refractivity (Wildman–Crippen MR) is 117 cm³/mol. The number of aliphatic hydroxyl groups excluding tert-OH is 1. The highest BCUT2D eigenvalue weighted by molar-refractivity contribution is 5.46. The summed E-state index contributed by atoms with van der Waals surface area (Å²) in [6, 6.07) is 15.3. The van der Waals surface area contributed by atoms with Gasteiger partial charge in [0.2, 0.25) is 0 Å². The van der Waals surface area contributed by atoms with Gasteiger partial charge in [-0.15, -0.1) is 0 Å². The van der Waals surface area contributed by atoms with Gasteiger partial charge in [-0.25, -0.2) is 0 Å². The van der Waals surface area contributed by atoms with E-state index in [4.69, 9.17) is 4.74 Å². The summed E-state index contributed by atoms with van der Waals surface area (Å²) in [6.45, 7) is 5.23. The second-order valence-electron chi connectivity index (χ2n) is 9.84. The van der Waals surface area contributed by atoms with Crippen LogP contribution in [0.15, 0.2) is 42.5 Å². The Bertz CT molecular complexity index is 874. The maximum atomic E-state index is 10.6. The van der Waals surface area contributed by atoms with Crippen LogP contribution in [0.2, 0.25) is 0 Å². The van der Waals surface area contributed by atoms with Crippen LogP contribution in [0.5, 0.6) is 5.75 Å². The van der Waals surface area contributed by atoms with E-state index in [0.29, 0.717) is 18.4 Å². The fraction of sp³-hybridized carbons (Fsp3) is 0.556. The Hall–Kier alpha value is -1.80. The van der Waals surface area contributed by atoms with Crippen molar-refractivity contribution in [1.82, 2.24) is 0 Å². The van der Waals surface area contributed by atoms with Crippen molar-refractivity contribution in [2.75, 3.05) is 0 Å². The predicted octanol–water partition coefficient (Wildman–Crippen LogP) is 6.05. The molecule has 0 radical (unpaired) electrons. The molecular weight excluding hydrogens is 356 g/mol. The Labute approximate surface area is 175 Å². The van der Waals surface area contributed by atoms with Gasteiger partial charge in [-0.1, -0.05) is 50.2 Å². The topological polar surface area (TPSA) is 29.5 Å². The van der Waals surface area contributed by atoms with Crippen LogP contribution in [0.1, 0.15) is 74.1 Å². The van der Waals surface area contributed by atoms with Crippen LogP contribution in [-0.4, -0.2) is 11.2 Å². The van der Waals surface area contributed by atoms with E-state index in [0.717, 1.165) is 30.9 Å². The lowest BCUT2D eigenvalue weighted by Gasteiger charge is -2.50. The molecule has 0 heterocycles. The summed E-state index contributed by atoms with van der Waals surface area (Å²) < 4.78 is 6.28. The zero-order chi connectivity index (χ0) is 20.0. The van der Waals surface area contributed by atoms with Crippen molar-refractivity contribution < 1.29 is 9.84 Å². The van der Waals surface area contributed by atoms with E-state index >= 15 is 0 Å². The van der Waals surface area contributed by atoms with Gasteiger partial charge in [0, 0.05) is 0 Å².